The second-order valence-corrected chi connectivity index (χ2v) is 9.29. The van der Waals surface area contributed by atoms with E-state index in [1.165, 1.54) is 22.6 Å². The van der Waals surface area contributed by atoms with Crippen molar-refractivity contribution in [1.82, 2.24) is 29.2 Å². The number of fused-ring (bicyclic) bond motifs is 1. The van der Waals surface area contributed by atoms with Crippen LogP contribution in [-0.4, -0.2) is 60.8 Å². The molecule has 3 aromatic heterocycles. The SMILES string of the molecule is CC(=O)N1CCN(c2ncc(-c3ccc4c(=O)n(C)n(Cc5c[nH]cc5C(F)(F)F)c4c3)cn2)CC1C. The van der Waals surface area contributed by atoms with E-state index in [1.54, 1.807) is 37.5 Å². The van der Waals surface area contributed by atoms with Gasteiger partial charge in [-0.05, 0) is 24.6 Å². The number of nitrogens with one attached hydrogen (secondary N) is 1. The van der Waals surface area contributed by atoms with Crippen molar-refractivity contribution >= 4 is 22.8 Å². The van der Waals surface area contributed by atoms with Gasteiger partial charge in [-0.2, -0.15) is 13.2 Å². The molecule has 4 aromatic rings. The number of carbonyl (C=O) groups is 1. The van der Waals surface area contributed by atoms with E-state index in [2.05, 4.69) is 15.0 Å². The van der Waals surface area contributed by atoms with Gasteiger partial charge in [0.25, 0.3) is 5.56 Å². The lowest BCUT2D eigenvalue weighted by Gasteiger charge is -2.39. The summed E-state index contributed by atoms with van der Waals surface area (Å²) in [5.74, 6) is 0.605. The molecule has 0 radical (unpaired) electrons. The number of hydrogen-bond donors (Lipinski definition) is 1. The lowest BCUT2D eigenvalue weighted by atomic mass is 10.1. The summed E-state index contributed by atoms with van der Waals surface area (Å²) in [5.41, 5.74) is 0.936. The summed E-state index contributed by atoms with van der Waals surface area (Å²) in [6.45, 7) is 5.28. The maximum Gasteiger partial charge on any atom is 0.418 e. The van der Waals surface area contributed by atoms with Gasteiger partial charge in [-0.1, -0.05) is 6.07 Å². The summed E-state index contributed by atoms with van der Waals surface area (Å²) in [5, 5.41) is 0.408. The minimum absolute atomic E-state index is 0.0391. The number of amides is 1. The fourth-order valence-electron chi connectivity index (χ4n) is 4.94. The van der Waals surface area contributed by atoms with Gasteiger partial charge < -0.3 is 14.8 Å². The Bertz CT molecular complexity index is 1520. The quantitative estimate of drug-likeness (QED) is 0.453. The third kappa shape index (κ3) is 4.47. The van der Waals surface area contributed by atoms with E-state index in [0.29, 0.717) is 42.0 Å². The largest absolute Gasteiger partial charge is 0.418 e. The van der Waals surface area contributed by atoms with Crippen LogP contribution in [-0.2, 0) is 24.6 Å². The molecule has 1 atom stereocenters. The van der Waals surface area contributed by atoms with E-state index in [9.17, 15) is 22.8 Å². The van der Waals surface area contributed by atoms with Crippen LogP contribution in [0.1, 0.15) is 25.0 Å². The molecule has 0 spiro atoms. The molecule has 194 valence electrons. The van der Waals surface area contributed by atoms with E-state index in [-0.39, 0.29) is 29.6 Å². The minimum atomic E-state index is -4.50. The first-order valence-corrected chi connectivity index (χ1v) is 11.8. The number of aromatic amines is 1. The van der Waals surface area contributed by atoms with Crippen LogP contribution in [0.4, 0.5) is 19.1 Å². The fourth-order valence-corrected chi connectivity index (χ4v) is 4.94. The Morgan fingerprint density at radius 2 is 1.86 bits per heavy atom. The third-order valence-corrected chi connectivity index (χ3v) is 6.91. The molecule has 0 aliphatic carbocycles. The molecule has 1 unspecified atom stereocenters. The summed E-state index contributed by atoms with van der Waals surface area (Å²) < 4.78 is 43.1. The molecule has 1 N–H and O–H groups in total. The highest BCUT2D eigenvalue weighted by molar-refractivity contribution is 5.84. The van der Waals surface area contributed by atoms with Gasteiger partial charge in [0.2, 0.25) is 11.9 Å². The molecule has 1 fully saturated rings. The van der Waals surface area contributed by atoms with Crippen LogP contribution < -0.4 is 10.5 Å². The number of nitrogens with zero attached hydrogens (tertiary/aromatic N) is 6. The zero-order chi connectivity index (χ0) is 26.5. The van der Waals surface area contributed by atoms with E-state index < -0.39 is 11.7 Å². The fraction of sp³-hybridized carbons (Fsp3) is 0.360. The predicted molar refractivity (Wildman–Crippen MR) is 132 cm³/mol. The topological polar surface area (TPSA) is 92.0 Å². The molecular formula is C25H26F3N7O2. The van der Waals surface area contributed by atoms with Gasteiger partial charge in [0.15, 0.2) is 0 Å². The van der Waals surface area contributed by atoms with Crippen LogP contribution >= 0.6 is 0 Å². The number of rotatable bonds is 4. The highest BCUT2D eigenvalue weighted by atomic mass is 19.4. The zero-order valence-corrected chi connectivity index (χ0v) is 20.6. The highest BCUT2D eigenvalue weighted by Crippen LogP contribution is 2.33. The summed E-state index contributed by atoms with van der Waals surface area (Å²) in [6, 6.07) is 5.26. The lowest BCUT2D eigenvalue weighted by molar-refractivity contribution is -0.138. The van der Waals surface area contributed by atoms with Gasteiger partial charge in [-0.3, -0.25) is 19.0 Å². The number of aromatic nitrogens is 5. The molecule has 12 heteroatoms. The predicted octanol–water partition coefficient (Wildman–Crippen LogP) is 3.25. The van der Waals surface area contributed by atoms with Gasteiger partial charge in [0, 0.05) is 75.6 Å². The molecule has 9 nitrogen and oxygen atoms in total. The Morgan fingerprint density at radius 3 is 2.51 bits per heavy atom. The number of piperazine rings is 1. The van der Waals surface area contributed by atoms with Crippen molar-refractivity contribution in [2.45, 2.75) is 32.6 Å². The number of H-pyrrole nitrogens is 1. The average molecular weight is 514 g/mol. The molecule has 1 aliphatic rings. The maximum atomic E-state index is 13.4. The Balaban J connectivity index is 1.44. The smallest absolute Gasteiger partial charge is 0.367 e. The molecule has 1 saturated heterocycles. The summed E-state index contributed by atoms with van der Waals surface area (Å²) in [4.78, 5) is 39.9. The van der Waals surface area contributed by atoms with Crippen molar-refractivity contribution < 1.29 is 18.0 Å². The number of benzene rings is 1. The molecule has 0 saturated carbocycles. The van der Waals surface area contributed by atoms with Crippen LogP contribution in [0.15, 0.2) is 47.8 Å². The molecule has 1 amide bonds. The average Bonchev–Trinajstić information content (AvgIpc) is 3.43. The van der Waals surface area contributed by atoms with Crippen molar-refractivity contribution in [2.75, 3.05) is 24.5 Å². The Hall–Kier alpha value is -4.09. The van der Waals surface area contributed by atoms with Gasteiger partial charge in [0.05, 0.1) is 23.0 Å². The zero-order valence-electron chi connectivity index (χ0n) is 20.6. The van der Waals surface area contributed by atoms with Gasteiger partial charge in [-0.25, -0.2) is 9.97 Å². The summed E-state index contributed by atoms with van der Waals surface area (Å²) >= 11 is 0. The molecule has 1 aliphatic heterocycles. The molecule has 4 heterocycles. The second kappa shape index (κ2) is 9.09. The number of anilines is 1. The van der Waals surface area contributed by atoms with Gasteiger partial charge in [0.1, 0.15) is 0 Å². The molecule has 0 bridgehead atoms. The van der Waals surface area contributed by atoms with E-state index in [4.69, 9.17) is 0 Å². The first-order chi connectivity index (χ1) is 17.5. The van der Waals surface area contributed by atoms with Crippen molar-refractivity contribution in [3.05, 3.63) is 64.5 Å². The van der Waals surface area contributed by atoms with Crippen molar-refractivity contribution in [3.8, 4) is 11.1 Å². The standard InChI is InChI=1S/C25H26F3N7O2/c1-15-13-33(6-7-34(15)16(2)36)24-30-10-18(11-31-24)17-4-5-20-22(8-17)35(32(3)23(20)37)14-19-9-29-12-21(19)25(26,27)28/h4-5,8-12,15,29H,6-7,13-14H2,1-3H3. The number of halogens is 3. The van der Waals surface area contributed by atoms with Crippen LogP contribution in [0, 0.1) is 0 Å². The van der Waals surface area contributed by atoms with Crippen LogP contribution in [0.25, 0.3) is 22.0 Å². The van der Waals surface area contributed by atoms with Crippen molar-refractivity contribution in [3.63, 3.8) is 0 Å². The molecular weight excluding hydrogens is 487 g/mol. The van der Waals surface area contributed by atoms with Gasteiger partial charge >= 0.3 is 6.18 Å². The summed E-state index contributed by atoms with van der Waals surface area (Å²) in [7, 11) is 1.53. The van der Waals surface area contributed by atoms with Crippen LogP contribution in [0.3, 0.4) is 0 Å². The van der Waals surface area contributed by atoms with Gasteiger partial charge in [-0.15, -0.1) is 0 Å². The monoisotopic (exact) mass is 513 g/mol. The van der Waals surface area contributed by atoms with E-state index >= 15 is 0 Å². The van der Waals surface area contributed by atoms with Crippen LogP contribution in [0.5, 0.6) is 0 Å². The molecule has 5 rings (SSSR count). The summed E-state index contributed by atoms with van der Waals surface area (Å²) in [6.07, 6.45) is 1.09. The van der Waals surface area contributed by atoms with E-state index in [1.807, 2.05) is 16.7 Å². The number of carbonyl (C=O) groups excluding carboxylic acids is 1. The number of hydrogen-bond acceptors (Lipinski definition) is 5. The first kappa shape index (κ1) is 24.6. The first-order valence-electron chi connectivity index (χ1n) is 11.8. The Labute approximate surface area is 210 Å². The maximum absolute atomic E-state index is 13.4. The van der Waals surface area contributed by atoms with Crippen molar-refractivity contribution in [2.24, 2.45) is 7.05 Å². The third-order valence-electron chi connectivity index (χ3n) is 6.91. The van der Waals surface area contributed by atoms with Crippen molar-refractivity contribution in [1.29, 1.82) is 0 Å². The molecule has 1 aromatic carbocycles. The highest BCUT2D eigenvalue weighted by Gasteiger charge is 2.34. The number of alkyl halides is 3. The normalized spacial score (nSPS) is 16.5. The second-order valence-electron chi connectivity index (χ2n) is 9.29. The Kier molecular flexibility index (Phi) is 6.04. The van der Waals surface area contributed by atoms with Crippen LogP contribution in [0.2, 0.25) is 0 Å². The Morgan fingerprint density at radius 1 is 1.14 bits per heavy atom. The van der Waals surface area contributed by atoms with E-state index in [0.717, 1.165) is 11.8 Å². The minimum Gasteiger partial charge on any atom is -0.367 e. The molecule has 37 heavy (non-hydrogen) atoms. The lowest BCUT2D eigenvalue weighted by Crippen LogP contribution is -2.53.